The van der Waals surface area contributed by atoms with Gasteiger partial charge in [-0.1, -0.05) is 6.92 Å². The van der Waals surface area contributed by atoms with Gasteiger partial charge in [0.1, 0.15) is 5.65 Å². The van der Waals surface area contributed by atoms with E-state index in [1.165, 1.54) is 36.8 Å². The van der Waals surface area contributed by atoms with E-state index in [1.54, 1.807) is 13.3 Å². The van der Waals surface area contributed by atoms with Gasteiger partial charge < -0.3 is 14.6 Å². The van der Waals surface area contributed by atoms with Crippen LogP contribution in [0.4, 0.5) is 5.69 Å². The van der Waals surface area contributed by atoms with E-state index >= 15 is 0 Å². The molecular weight excluding hydrogens is 374 g/mol. The number of H-pyrrole nitrogens is 1. The Balaban J connectivity index is 1.31. The van der Waals surface area contributed by atoms with Crippen LogP contribution in [0.25, 0.3) is 22.3 Å². The summed E-state index contributed by atoms with van der Waals surface area (Å²) in [6.07, 6.45) is 9.19. The van der Waals surface area contributed by atoms with Gasteiger partial charge in [-0.3, -0.25) is 4.90 Å². The summed E-state index contributed by atoms with van der Waals surface area (Å²) >= 11 is 0. The van der Waals surface area contributed by atoms with Gasteiger partial charge in [0, 0.05) is 72.0 Å². The first kappa shape index (κ1) is 18.2. The second kappa shape index (κ2) is 6.98. The van der Waals surface area contributed by atoms with Crippen LogP contribution in [0.15, 0.2) is 36.7 Å². The Kier molecular flexibility index (Phi) is 4.23. The highest BCUT2D eigenvalue weighted by molar-refractivity contribution is 5.94. The average molecular weight is 404 g/mol. The molecule has 3 aliphatic rings. The Morgan fingerprint density at radius 2 is 1.77 bits per heavy atom. The van der Waals surface area contributed by atoms with Crippen molar-refractivity contribution in [3.63, 3.8) is 0 Å². The van der Waals surface area contributed by atoms with Gasteiger partial charge in [-0.2, -0.15) is 0 Å². The molecule has 3 aromatic heterocycles. The van der Waals surface area contributed by atoms with E-state index in [0.29, 0.717) is 18.0 Å². The van der Waals surface area contributed by atoms with Gasteiger partial charge >= 0.3 is 0 Å². The van der Waals surface area contributed by atoms with E-state index in [1.807, 2.05) is 18.3 Å². The van der Waals surface area contributed by atoms with Crippen LogP contribution in [0, 0.1) is 5.92 Å². The minimum Gasteiger partial charge on any atom is -0.481 e. The molecule has 0 amide bonds. The zero-order chi connectivity index (χ0) is 20.2. The molecule has 30 heavy (non-hydrogen) atoms. The second-order valence-electron chi connectivity index (χ2n) is 9.33. The lowest BCUT2D eigenvalue weighted by Crippen LogP contribution is -2.59. The Hall–Kier alpha value is -2.60. The van der Waals surface area contributed by atoms with E-state index in [0.717, 1.165) is 42.0 Å². The zero-order valence-electron chi connectivity index (χ0n) is 17.7. The maximum Gasteiger partial charge on any atom is 0.213 e. The number of rotatable bonds is 4. The summed E-state index contributed by atoms with van der Waals surface area (Å²) in [7, 11) is 1.65. The number of ether oxygens (including phenoxy) is 1. The average Bonchev–Trinajstić information content (AvgIpc) is 3.29. The predicted octanol–water partition coefficient (Wildman–Crippen LogP) is 4.09. The minimum absolute atomic E-state index is 0.623. The number of aromatic amines is 1. The quantitative estimate of drug-likeness (QED) is 0.711. The number of piperazine rings is 1. The number of nitrogens with one attached hydrogen (secondary N) is 1. The molecule has 0 spiro atoms. The molecule has 3 fully saturated rings. The first-order valence-electron chi connectivity index (χ1n) is 11.2. The van der Waals surface area contributed by atoms with Crippen LogP contribution >= 0.6 is 0 Å². The largest absolute Gasteiger partial charge is 0.481 e. The van der Waals surface area contributed by atoms with Gasteiger partial charge in [0.25, 0.3) is 0 Å². The van der Waals surface area contributed by atoms with Crippen LogP contribution in [0.2, 0.25) is 0 Å². The summed E-state index contributed by atoms with van der Waals surface area (Å²) in [5.74, 6) is 1.54. The van der Waals surface area contributed by atoms with Gasteiger partial charge in [0.2, 0.25) is 5.88 Å². The van der Waals surface area contributed by atoms with E-state index < -0.39 is 0 Å². The van der Waals surface area contributed by atoms with Gasteiger partial charge in [-0.15, -0.1) is 0 Å². The molecule has 2 unspecified atom stereocenters. The fourth-order valence-corrected chi connectivity index (χ4v) is 5.96. The standard InChI is InChI=1S/C24H29N5O/c1-15-9-19(10-15)29-17-3-4-18(29)14-28(13-17)22-6-8-26-24-20(22)12-21(27-24)16-5-7-25-23(11-16)30-2/h5-8,11-12,15,17-19H,3-4,9-10,13-14H2,1-2H3,(H,26,27)/t15-,17?,18?,19-. The Morgan fingerprint density at radius 3 is 2.50 bits per heavy atom. The van der Waals surface area contributed by atoms with E-state index in [-0.39, 0.29) is 0 Å². The molecule has 0 aromatic carbocycles. The molecule has 1 saturated carbocycles. The molecule has 5 heterocycles. The lowest BCUT2D eigenvalue weighted by molar-refractivity contribution is 0.0341. The predicted molar refractivity (Wildman–Crippen MR) is 119 cm³/mol. The summed E-state index contributed by atoms with van der Waals surface area (Å²) in [4.78, 5) is 17.8. The van der Waals surface area contributed by atoms with Crippen molar-refractivity contribution >= 4 is 16.7 Å². The molecule has 1 N–H and O–H groups in total. The van der Waals surface area contributed by atoms with Crippen molar-refractivity contribution < 1.29 is 4.74 Å². The summed E-state index contributed by atoms with van der Waals surface area (Å²) in [5.41, 5.74) is 4.37. The molecule has 2 atom stereocenters. The van der Waals surface area contributed by atoms with Gasteiger partial charge in [0.05, 0.1) is 7.11 Å². The maximum atomic E-state index is 5.30. The number of fused-ring (bicyclic) bond motifs is 3. The molecule has 6 heteroatoms. The molecule has 2 aliphatic heterocycles. The first-order chi connectivity index (χ1) is 14.7. The Morgan fingerprint density at radius 1 is 1.00 bits per heavy atom. The first-order valence-corrected chi connectivity index (χ1v) is 11.2. The molecular formula is C24H29N5O. The van der Waals surface area contributed by atoms with Gasteiger partial charge in [-0.05, 0) is 49.8 Å². The number of pyridine rings is 2. The monoisotopic (exact) mass is 403 g/mol. The van der Waals surface area contributed by atoms with Crippen LogP contribution in [-0.4, -0.2) is 58.2 Å². The number of methoxy groups -OCH3 is 1. The SMILES string of the molecule is COc1cc(-c2cc3c(N4CC5CCC(C4)N5[C@H]4C[C@H](C)C4)ccnc3[nH]2)ccn1. The summed E-state index contributed by atoms with van der Waals surface area (Å²) in [5, 5.41) is 1.20. The number of hydrogen-bond acceptors (Lipinski definition) is 5. The molecule has 3 aromatic rings. The summed E-state index contributed by atoms with van der Waals surface area (Å²) in [6.45, 7) is 4.65. The lowest BCUT2D eigenvalue weighted by Gasteiger charge is -2.50. The molecule has 6 nitrogen and oxygen atoms in total. The number of anilines is 1. The maximum absolute atomic E-state index is 5.30. The van der Waals surface area contributed by atoms with Crippen LogP contribution in [0.5, 0.6) is 5.88 Å². The summed E-state index contributed by atoms with van der Waals surface area (Å²) < 4.78 is 5.30. The van der Waals surface area contributed by atoms with E-state index in [2.05, 4.69) is 43.8 Å². The third kappa shape index (κ3) is 2.88. The molecule has 2 saturated heterocycles. The van der Waals surface area contributed by atoms with Crippen LogP contribution in [0.1, 0.15) is 32.6 Å². The summed E-state index contributed by atoms with van der Waals surface area (Å²) in [6, 6.07) is 10.6. The number of nitrogens with zero attached hydrogens (tertiary/aromatic N) is 4. The van der Waals surface area contributed by atoms with Crippen LogP contribution < -0.4 is 9.64 Å². The van der Waals surface area contributed by atoms with Crippen LogP contribution in [-0.2, 0) is 0 Å². The molecule has 156 valence electrons. The van der Waals surface area contributed by atoms with Crippen molar-refractivity contribution in [1.29, 1.82) is 0 Å². The topological polar surface area (TPSA) is 57.3 Å². The lowest BCUT2D eigenvalue weighted by atomic mass is 9.80. The van der Waals surface area contributed by atoms with Crippen molar-refractivity contribution in [2.24, 2.45) is 5.92 Å². The number of aromatic nitrogens is 3. The van der Waals surface area contributed by atoms with Gasteiger partial charge in [-0.25, -0.2) is 9.97 Å². The van der Waals surface area contributed by atoms with Crippen molar-refractivity contribution in [2.45, 2.75) is 50.7 Å². The Bertz CT molecular complexity index is 1060. The fraction of sp³-hybridized carbons (Fsp3) is 0.500. The Labute approximate surface area is 177 Å². The van der Waals surface area contributed by atoms with Crippen molar-refractivity contribution in [3.05, 3.63) is 36.7 Å². The van der Waals surface area contributed by atoms with E-state index in [9.17, 15) is 0 Å². The highest BCUT2D eigenvalue weighted by atomic mass is 16.5. The van der Waals surface area contributed by atoms with Crippen molar-refractivity contribution in [1.82, 2.24) is 19.9 Å². The highest BCUT2D eigenvalue weighted by Gasteiger charge is 2.46. The molecule has 6 rings (SSSR count). The van der Waals surface area contributed by atoms with E-state index in [4.69, 9.17) is 4.74 Å². The third-order valence-electron chi connectivity index (χ3n) is 7.41. The van der Waals surface area contributed by atoms with Crippen LogP contribution in [0.3, 0.4) is 0 Å². The number of hydrogen-bond donors (Lipinski definition) is 1. The fourth-order valence-electron chi connectivity index (χ4n) is 5.96. The molecule has 0 radical (unpaired) electrons. The zero-order valence-corrected chi connectivity index (χ0v) is 17.7. The normalized spacial score (nSPS) is 28.7. The van der Waals surface area contributed by atoms with Crippen molar-refractivity contribution in [3.8, 4) is 17.1 Å². The molecule has 2 bridgehead atoms. The molecule has 1 aliphatic carbocycles. The minimum atomic E-state index is 0.623. The third-order valence-corrected chi connectivity index (χ3v) is 7.41. The van der Waals surface area contributed by atoms with Crippen molar-refractivity contribution in [2.75, 3.05) is 25.1 Å². The smallest absolute Gasteiger partial charge is 0.213 e. The second-order valence-corrected chi connectivity index (χ2v) is 9.33. The highest BCUT2D eigenvalue weighted by Crippen LogP contribution is 2.42. The van der Waals surface area contributed by atoms with Gasteiger partial charge in [0.15, 0.2) is 0 Å².